The first-order chi connectivity index (χ1) is 16.1. The van der Waals surface area contributed by atoms with Crippen LogP contribution in [0.5, 0.6) is 5.75 Å². The number of rotatable bonds is 3. The largest absolute Gasteiger partial charge is 0.497 e. The third kappa shape index (κ3) is 2.59. The number of methoxy groups -OCH3 is 1. The average Bonchev–Trinajstić information content (AvgIpc) is 3.03. The Balaban J connectivity index is 1.67. The monoisotopic (exact) mass is 458 g/mol. The molecule has 0 unspecified atom stereocenters. The molecular weight excluding hydrogens is 428 g/mol. The van der Waals surface area contributed by atoms with Crippen LogP contribution in [0.2, 0.25) is 0 Å². The fourth-order valence-corrected chi connectivity index (χ4v) is 6.34. The van der Waals surface area contributed by atoms with E-state index < -0.39 is 28.2 Å². The molecular formula is C28H30N2O4. The molecule has 0 spiro atoms. The molecule has 0 N–H and O–H groups in total. The van der Waals surface area contributed by atoms with Crippen LogP contribution in [-0.2, 0) is 14.4 Å². The molecule has 1 saturated carbocycles. The molecule has 3 atom stereocenters. The Kier molecular flexibility index (Phi) is 4.80. The smallest absolute Gasteiger partial charge is 0.245 e. The first-order valence-electron chi connectivity index (χ1n) is 11.7. The van der Waals surface area contributed by atoms with Crippen LogP contribution in [0.4, 0.5) is 0 Å². The second kappa shape index (κ2) is 7.29. The standard InChI is InChI=1S/C28H30N2O4/c1-26(2)27(3)15-16-28(26,24(32)29(4)23(27)31)25(33)30-17-14-18-8-6-7-9-21(18)22(30)19-10-12-20(34-5)13-11-19/h6-14,17,22H,15-16H2,1-5H3/t22-,27+,28-/m1/s1. The summed E-state index contributed by atoms with van der Waals surface area (Å²) in [6.07, 6.45) is 4.57. The highest BCUT2D eigenvalue weighted by Crippen LogP contribution is 2.67. The molecule has 2 fully saturated rings. The third-order valence-corrected chi connectivity index (χ3v) is 8.91. The Hall–Kier alpha value is -3.41. The van der Waals surface area contributed by atoms with E-state index in [0.29, 0.717) is 12.8 Å². The predicted octanol–water partition coefficient (Wildman–Crippen LogP) is 4.41. The number of piperidine rings is 1. The summed E-state index contributed by atoms with van der Waals surface area (Å²) < 4.78 is 5.33. The van der Waals surface area contributed by atoms with Crippen molar-refractivity contribution in [2.45, 2.75) is 39.7 Å². The van der Waals surface area contributed by atoms with Gasteiger partial charge in [-0.3, -0.25) is 19.3 Å². The number of imide groups is 1. The topological polar surface area (TPSA) is 66.9 Å². The van der Waals surface area contributed by atoms with Gasteiger partial charge in [-0.1, -0.05) is 57.2 Å². The lowest BCUT2D eigenvalue weighted by Gasteiger charge is -2.53. The number of nitrogens with zero attached hydrogens (tertiary/aromatic N) is 2. The first kappa shape index (κ1) is 22.4. The number of likely N-dealkylation sites (tertiary alicyclic amines) is 1. The number of benzene rings is 2. The van der Waals surface area contributed by atoms with Crippen molar-refractivity contribution in [1.29, 1.82) is 0 Å². The molecule has 0 radical (unpaired) electrons. The Morgan fingerprint density at radius 3 is 2.32 bits per heavy atom. The van der Waals surface area contributed by atoms with Gasteiger partial charge in [-0.15, -0.1) is 0 Å². The molecule has 2 aromatic rings. The van der Waals surface area contributed by atoms with Crippen molar-refractivity contribution in [3.8, 4) is 5.75 Å². The molecule has 1 saturated heterocycles. The predicted molar refractivity (Wildman–Crippen MR) is 128 cm³/mol. The highest BCUT2D eigenvalue weighted by molar-refractivity contribution is 6.16. The van der Waals surface area contributed by atoms with Crippen LogP contribution < -0.4 is 4.74 Å². The van der Waals surface area contributed by atoms with Gasteiger partial charge in [-0.2, -0.15) is 0 Å². The maximum absolute atomic E-state index is 14.6. The minimum Gasteiger partial charge on any atom is -0.497 e. The maximum Gasteiger partial charge on any atom is 0.245 e. The summed E-state index contributed by atoms with van der Waals surface area (Å²) in [6, 6.07) is 15.3. The average molecular weight is 459 g/mol. The van der Waals surface area contributed by atoms with Gasteiger partial charge in [0.1, 0.15) is 11.2 Å². The van der Waals surface area contributed by atoms with Gasteiger partial charge in [0.05, 0.1) is 18.6 Å². The maximum atomic E-state index is 14.6. The molecule has 6 heteroatoms. The molecule has 2 bridgehead atoms. The highest BCUT2D eigenvalue weighted by atomic mass is 16.5. The minimum absolute atomic E-state index is 0.199. The quantitative estimate of drug-likeness (QED) is 0.505. The van der Waals surface area contributed by atoms with Crippen molar-refractivity contribution in [2.75, 3.05) is 14.2 Å². The van der Waals surface area contributed by atoms with Crippen LogP contribution >= 0.6 is 0 Å². The summed E-state index contributed by atoms with van der Waals surface area (Å²) in [5.41, 5.74) is 0.0272. The number of carbonyl (C=O) groups excluding carboxylic acids is 3. The number of fused-ring (bicyclic) bond motifs is 3. The molecule has 2 heterocycles. The summed E-state index contributed by atoms with van der Waals surface area (Å²) in [7, 11) is 3.13. The summed E-state index contributed by atoms with van der Waals surface area (Å²) in [5.74, 6) is -0.120. The van der Waals surface area contributed by atoms with Crippen molar-refractivity contribution in [1.82, 2.24) is 9.80 Å². The molecule has 2 aliphatic heterocycles. The number of ether oxygens (including phenoxy) is 1. The molecule has 6 nitrogen and oxygen atoms in total. The molecule has 176 valence electrons. The number of hydrogen-bond donors (Lipinski definition) is 0. The summed E-state index contributed by atoms with van der Waals surface area (Å²) in [6.45, 7) is 5.71. The van der Waals surface area contributed by atoms with Crippen LogP contribution in [0, 0.1) is 16.2 Å². The van der Waals surface area contributed by atoms with E-state index in [4.69, 9.17) is 4.74 Å². The van der Waals surface area contributed by atoms with E-state index in [1.165, 1.54) is 11.9 Å². The van der Waals surface area contributed by atoms with Crippen molar-refractivity contribution in [3.63, 3.8) is 0 Å². The van der Waals surface area contributed by atoms with Gasteiger partial charge in [0.2, 0.25) is 17.7 Å². The molecule has 3 aliphatic rings. The van der Waals surface area contributed by atoms with Gasteiger partial charge in [-0.25, -0.2) is 0 Å². The van der Waals surface area contributed by atoms with Crippen molar-refractivity contribution < 1.29 is 19.1 Å². The van der Waals surface area contributed by atoms with E-state index >= 15 is 0 Å². The molecule has 2 aromatic carbocycles. The molecule has 0 aromatic heterocycles. The van der Waals surface area contributed by atoms with Gasteiger partial charge < -0.3 is 9.64 Å². The van der Waals surface area contributed by atoms with Crippen LogP contribution in [0.3, 0.4) is 0 Å². The SMILES string of the molecule is COc1ccc([C@@H]2c3ccccc3C=CN2C(=O)[C@@]23CC[C@@](C)(C(=O)N(C)C2=O)C3(C)C)cc1. The summed E-state index contributed by atoms with van der Waals surface area (Å²) in [4.78, 5) is 44.3. The Morgan fingerprint density at radius 2 is 1.65 bits per heavy atom. The van der Waals surface area contributed by atoms with Crippen molar-refractivity contribution in [2.24, 2.45) is 16.2 Å². The number of amides is 3. The Bertz CT molecular complexity index is 1230. The lowest BCUT2D eigenvalue weighted by Crippen LogP contribution is -2.67. The number of carbonyl (C=O) groups is 3. The second-order valence-electron chi connectivity index (χ2n) is 10.4. The van der Waals surface area contributed by atoms with E-state index in [2.05, 4.69) is 0 Å². The van der Waals surface area contributed by atoms with Crippen LogP contribution in [0.25, 0.3) is 6.08 Å². The van der Waals surface area contributed by atoms with Gasteiger partial charge >= 0.3 is 0 Å². The van der Waals surface area contributed by atoms with Crippen LogP contribution in [-0.4, -0.2) is 41.7 Å². The Labute approximate surface area is 200 Å². The zero-order chi connectivity index (χ0) is 24.5. The first-order valence-corrected chi connectivity index (χ1v) is 11.7. The van der Waals surface area contributed by atoms with Crippen LogP contribution in [0.15, 0.2) is 54.7 Å². The van der Waals surface area contributed by atoms with E-state index in [1.807, 2.05) is 75.4 Å². The highest BCUT2D eigenvalue weighted by Gasteiger charge is 2.75. The molecule has 34 heavy (non-hydrogen) atoms. The van der Waals surface area contributed by atoms with E-state index in [-0.39, 0.29) is 11.8 Å². The lowest BCUT2D eigenvalue weighted by molar-refractivity contribution is -0.182. The summed E-state index contributed by atoms with van der Waals surface area (Å²) >= 11 is 0. The normalized spacial score (nSPS) is 29.3. The van der Waals surface area contributed by atoms with E-state index in [9.17, 15) is 14.4 Å². The molecule has 5 rings (SSSR count). The second-order valence-corrected chi connectivity index (χ2v) is 10.4. The third-order valence-electron chi connectivity index (χ3n) is 8.91. The van der Waals surface area contributed by atoms with Crippen molar-refractivity contribution in [3.05, 3.63) is 71.4 Å². The van der Waals surface area contributed by atoms with Gasteiger partial charge in [0.15, 0.2) is 0 Å². The van der Waals surface area contributed by atoms with Gasteiger partial charge in [0, 0.05) is 18.7 Å². The van der Waals surface area contributed by atoms with Gasteiger partial charge in [-0.05, 0) is 47.7 Å². The zero-order valence-corrected chi connectivity index (χ0v) is 20.3. The van der Waals surface area contributed by atoms with E-state index in [1.54, 1.807) is 18.2 Å². The fraction of sp³-hybridized carbons (Fsp3) is 0.393. The van der Waals surface area contributed by atoms with Gasteiger partial charge in [0.25, 0.3) is 0 Å². The lowest BCUT2D eigenvalue weighted by atomic mass is 9.55. The minimum atomic E-state index is -1.31. The molecule has 3 amide bonds. The van der Waals surface area contributed by atoms with Crippen LogP contribution in [0.1, 0.15) is 56.3 Å². The fourth-order valence-electron chi connectivity index (χ4n) is 6.34. The molecule has 1 aliphatic carbocycles. The van der Waals surface area contributed by atoms with E-state index in [0.717, 1.165) is 22.4 Å². The zero-order valence-electron chi connectivity index (χ0n) is 20.3. The summed E-state index contributed by atoms with van der Waals surface area (Å²) in [5, 5.41) is 0. The van der Waals surface area contributed by atoms with Crippen molar-refractivity contribution >= 4 is 23.8 Å². The number of hydrogen-bond acceptors (Lipinski definition) is 4. The Morgan fingerprint density at radius 1 is 0.971 bits per heavy atom.